The van der Waals surface area contributed by atoms with Crippen molar-refractivity contribution in [1.82, 2.24) is 29.4 Å². The quantitative estimate of drug-likeness (QED) is 0.280. The first-order valence-corrected chi connectivity index (χ1v) is 13.2. The number of ether oxygens (including phenoxy) is 1. The van der Waals surface area contributed by atoms with E-state index in [1.54, 1.807) is 25.4 Å². The molecular weight excluding hydrogens is 500 g/mol. The average molecular weight is 534 g/mol. The zero-order chi connectivity index (χ0) is 27.7. The van der Waals surface area contributed by atoms with Crippen molar-refractivity contribution in [2.75, 3.05) is 32.1 Å². The lowest BCUT2D eigenvalue weighted by molar-refractivity contribution is 0.264. The first-order valence-electron chi connectivity index (χ1n) is 13.2. The molecule has 39 heavy (non-hydrogen) atoms. The highest BCUT2D eigenvalue weighted by Gasteiger charge is 2.20. The molecular formula is C29H33F2N7O. The van der Waals surface area contributed by atoms with Crippen molar-refractivity contribution in [2.24, 2.45) is 0 Å². The van der Waals surface area contributed by atoms with Crippen molar-refractivity contribution < 1.29 is 13.5 Å². The summed E-state index contributed by atoms with van der Waals surface area (Å²) in [5.41, 5.74) is 3.32. The predicted octanol–water partition coefficient (Wildman–Crippen LogP) is 6.27. The zero-order valence-electron chi connectivity index (χ0n) is 22.9. The van der Waals surface area contributed by atoms with Gasteiger partial charge >= 0.3 is 0 Å². The van der Waals surface area contributed by atoms with Gasteiger partial charge < -0.3 is 19.5 Å². The van der Waals surface area contributed by atoms with E-state index in [2.05, 4.69) is 37.1 Å². The number of pyridine rings is 1. The molecule has 0 aliphatic carbocycles. The Bertz CT molecular complexity index is 1520. The van der Waals surface area contributed by atoms with E-state index in [1.165, 1.54) is 11.6 Å². The Kier molecular flexibility index (Phi) is 7.56. The molecule has 204 valence electrons. The molecule has 8 nitrogen and oxygen atoms in total. The number of methoxy groups -OCH3 is 1. The summed E-state index contributed by atoms with van der Waals surface area (Å²) < 4.78 is 37.5. The Hall–Kier alpha value is -3.92. The first kappa shape index (κ1) is 26.7. The third kappa shape index (κ3) is 5.34. The number of benzene rings is 1. The molecule has 0 bridgehead atoms. The molecule has 0 saturated carbocycles. The number of anilines is 2. The third-order valence-electron chi connectivity index (χ3n) is 7.16. The van der Waals surface area contributed by atoms with Crippen molar-refractivity contribution in [1.29, 1.82) is 0 Å². The summed E-state index contributed by atoms with van der Waals surface area (Å²) in [6.45, 7) is 11.1. The summed E-state index contributed by atoms with van der Waals surface area (Å²) in [7, 11) is 1.68. The Morgan fingerprint density at radius 3 is 2.46 bits per heavy atom. The summed E-state index contributed by atoms with van der Waals surface area (Å²) in [5, 5.41) is 3.03. The number of rotatable bonds is 7. The SMILES string of the molecule is CCN1CCC(=C(OC)c2ccc(Nc3ncc(F)c(-c4cc(F)c5nc(C)n(C(C)C)c5c4)n3)nc2)CC1. The minimum atomic E-state index is -0.652. The predicted molar refractivity (Wildman–Crippen MR) is 149 cm³/mol. The summed E-state index contributed by atoms with van der Waals surface area (Å²) in [4.78, 5) is 19.7. The highest BCUT2D eigenvalue weighted by atomic mass is 19.1. The largest absolute Gasteiger partial charge is 0.496 e. The minimum absolute atomic E-state index is 0.0103. The molecule has 4 heterocycles. The van der Waals surface area contributed by atoms with Crippen molar-refractivity contribution >= 4 is 28.6 Å². The van der Waals surface area contributed by atoms with Gasteiger partial charge in [-0.3, -0.25) is 0 Å². The average Bonchev–Trinajstić information content (AvgIpc) is 3.28. The molecule has 3 aromatic heterocycles. The number of piperidine rings is 1. The van der Waals surface area contributed by atoms with Gasteiger partial charge in [-0.2, -0.15) is 0 Å². The lowest BCUT2D eigenvalue weighted by atomic mass is 10.00. The fourth-order valence-corrected chi connectivity index (χ4v) is 5.24. The fraction of sp³-hybridized carbons (Fsp3) is 0.379. The molecule has 0 radical (unpaired) electrons. The Morgan fingerprint density at radius 1 is 1.05 bits per heavy atom. The molecule has 1 N–H and O–H groups in total. The van der Waals surface area contributed by atoms with Crippen LogP contribution in [0.1, 0.15) is 51.0 Å². The third-order valence-corrected chi connectivity index (χ3v) is 7.16. The monoisotopic (exact) mass is 533 g/mol. The van der Waals surface area contributed by atoms with Gasteiger partial charge in [0, 0.05) is 36.5 Å². The molecule has 0 atom stereocenters. The van der Waals surface area contributed by atoms with Gasteiger partial charge in [0.15, 0.2) is 11.6 Å². The molecule has 0 spiro atoms. The maximum atomic E-state index is 15.0. The number of nitrogens with zero attached hydrogens (tertiary/aromatic N) is 6. The molecule has 1 aliphatic rings. The van der Waals surface area contributed by atoms with Gasteiger partial charge in [-0.25, -0.2) is 28.7 Å². The number of imidazole rings is 1. The molecule has 5 rings (SSSR count). The molecule has 0 unspecified atom stereocenters. The van der Waals surface area contributed by atoms with Crippen LogP contribution in [0.5, 0.6) is 0 Å². The van der Waals surface area contributed by atoms with Gasteiger partial charge in [-0.05, 0) is 70.0 Å². The van der Waals surface area contributed by atoms with Crippen molar-refractivity contribution in [3.63, 3.8) is 0 Å². The lowest BCUT2D eigenvalue weighted by Gasteiger charge is -2.28. The maximum Gasteiger partial charge on any atom is 0.229 e. The van der Waals surface area contributed by atoms with E-state index < -0.39 is 11.6 Å². The summed E-state index contributed by atoms with van der Waals surface area (Å²) in [6, 6.07) is 6.76. The van der Waals surface area contributed by atoms with Crippen molar-refractivity contribution in [3.8, 4) is 11.3 Å². The zero-order valence-corrected chi connectivity index (χ0v) is 22.9. The van der Waals surface area contributed by atoms with Crippen LogP contribution in [0.3, 0.4) is 0 Å². The second kappa shape index (κ2) is 11.1. The molecule has 1 fully saturated rings. The number of fused-ring (bicyclic) bond motifs is 1. The van der Waals surface area contributed by atoms with Crippen LogP contribution in [0, 0.1) is 18.6 Å². The Balaban J connectivity index is 1.41. The van der Waals surface area contributed by atoms with Crippen LogP contribution in [0.25, 0.3) is 28.0 Å². The fourth-order valence-electron chi connectivity index (χ4n) is 5.24. The molecule has 1 saturated heterocycles. The number of halogens is 2. The lowest BCUT2D eigenvalue weighted by Crippen LogP contribution is -2.30. The highest BCUT2D eigenvalue weighted by molar-refractivity contribution is 5.83. The van der Waals surface area contributed by atoms with Crippen LogP contribution in [0.4, 0.5) is 20.5 Å². The van der Waals surface area contributed by atoms with E-state index in [-0.39, 0.29) is 23.2 Å². The second-order valence-corrected chi connectivity index (χ2v) is 9.97. The summed E-state index contributed by atoms with van der Waals surface area (Å²) in [5.74, 6) is 1.01. The van der Waals surface area contributed by atoms with Gasteiger partial charge in [0.2, 0.25) is 5.95 Å². The van der Waals surface area contributed by atoms with E-state index in [4.69, 9.17) is 4.74 Å². The summed E-state index contributed by atoms with van der Waals surface area (Å²) >= 11 is 0. The van der Waals surface area contributed by atoms with E-state index >= 15 is 0 Å². The molecule has 0 amide bonds. The van der Waals surface area contributed by atoms with Gasteiger partial charge in [0.1, 0.15) is 28.6 Å². The van der Waals surface area contributed by atoms with Crippen LogP contribution in [-0.2, 0) is 4.74 Å². The number of nitrogens with one attached hydrogen (secondary N) is 1. The minimum Gasteiger partial charge on any atom is -0.496 e. The number of hydrogen-bond donors (Lipinski definition) is 1. The number of likely N-dealkylation sites (tertiary alicyclic amines) is 1. The summed E-state index contributed by atoms with van der Waals surface area (Å²) in [6.07, 6.45) is 4.74. The van der Waals surface area contributed by atoms with Crippen LogP contribution in [-0.4, -0.2) is 56.1 Å². The van der Waals surface area contributed by atoms with Gasteiger partial charge in [0.05, 0.1) is 18.8 Å². The van der Waals surface area contributed by atoms with E-state index in [0.717, 1.165) is 50.0 Å². The second-order valence-electron chi connectivity index (χ2n) is 9.97. The highest BCUT2D eigenvalue weighted by Crippen LogP contribution is 2.31. The van der Waals surface area contributed by atoms with Gasteiger partial charge in [-0.15, -0.1) is 0 Å². The molecule has 1 aliphatic heterocycles. The van der Waals surface area contributed by atoms with E-state index in [0.29, 0.717) is 22.7 Å². The normalized spacial score (nSPS) is 14.3. The first-order chi connectivity index (χ1) is 18.8. The van der Waals surface area contributed by atoms with Gasteiger partial charge in [-0.1, -0.05) is 6.92 Å². The Morgan fingerprint density at radius 2 is 1.82 bits per heavy atom. The van der Waals surface area contributed by atoms with Crippen molar-refractivity contribution in [2.45, 2.75) is 46.6 Å². The topological polar surface area (TPSA) is 81.0 Å². The standard InChI is InChI=1S/C29H33F2N7O/c1-6-37-11-9-19(10-12-37)28(39-5)20-7-8-25(32-15-20)35-29-33-16-23(31)26(36-29)21-13-22(30)27-24(14-21)38(17(2)3)18(4)34-27/h7-8,13-17H,6,9-12H2,1-5H3,(H,32,33,35,36). The molecule has 10 heteroatoms. The number of aromatic nitrogens is 5. The molecule has 1 aromatic carbocycles. The van der Waals surface area contributed by atoms with Crippen molar-refractivity contribution in [3.05, 3.63) is 65.3 Å². The maximum absolute atomic E-state index is 15.0. The van der Waals surface area contributed by atoms with Gasteiger partial charge in [0.25, 0.3) is 0 Å². The Labute approximate surface area is 226 Å². The van der Waals surface area contributed by atoms with E-state index in [9.17, 15) is 8.78 Å². The van der Waals surface area contributed by atoms with Crippen LogP contribution >= 0.6 is 0 Å². The van der Waals surface area contributed by atoms with Crippen LogP contribution in [0.15, 0.2) is 42.2 Å². The smallest absolute Gasteiger partial charge is 0.229 e. The van der Waals surface area contributed by atoms with Crippen LogP contribution in [0.2, 0.25) is 0 Å². The van der Waals surface area contributed by atoms with E-state index in [1.807, 2.05) is 31.4 Å². The van der Waals surface area contributed by atoms with Crippen LogP contribution < -0.4 is 5.32 Å². The number of aryl methyl sites for hydroxylation is 1. The molecule has 4 aromatic rings. The number of hydrogen-bond acceptors (Lipinski definition) is 7.